The van der Waals surface area contributed by atoms with Crippen LogP contribution in [0.5, 0.6) is 5.88 Å². The first-order valence-corrected chi connectivity index (χ1v) is 6.38. The highest BCUT2D eigenvalue weighted by Gasteiger charge is 2.20. The quantitative estimate of drug-likeness (QED) is 0.817. The van der Waals surface area contributed by atoms with Crippen LogP contribution < -0.4 is 15.8 Å². The van der Waals surface area contributed by atoms with Crippen LogP contribution in [-0.2, 0) is 11.5 Å². The topological polar surface area (TPSA) is 73.1 Å². The van der Waals surface area contributed by atoms with E-state index in [9.17, 15) is 0 Å². The Kier molecular flexibility index (Phi) is 3.50. The third-order valence-corrected chi connectivity index (χ3v) is 3.43. The van der Waals surface area contributed by atoms with Crippen molar-refractivity contribution in [2.45, 2.75) is 24.5 Å². The van der Waals surface area contributed by atoms with Crippen LogP contribution >= 0.6 is 11.8 Å². The van der Waals surface area contributed by atoms with Gasteiger partial charge in [-0.15, -0.1) is 0 Å². The summed E-state index contributed by atoms with van der Waals surface area (Å²) < 4.78 is 5.28. The SMILES string of the molecule is COc1nc(NC(C)CN)nc2c1CSC2. The molecule has 0 amide bonds. The molecule has 1 aliphatic rings. The maximum Gasteiger partial charge on any atom is 0.226 e. The molecule has 1 aromatic rings. The first-order valence-electron chi connectivity index (χ1n) is 5.22. The van der Waals surface area contributed by atoms with Crippen molar-refractivity contribution in [2.24, 2.45) is 5.73 Å². The Labute approximate surface area is 99.2 Å². The predicted molar refractivity (Wildman–Crippen MR) is 65.7 cm³/mol. The van der Waals surface area contributed by atoms with Gasteiger partial charge in [-0.25, -0.2) is 4.98 Å². The second kappa shape index (κ2) is 4.88. The zero-order valence-electron chi connectivity index (χ0n) is 9.49. The first-order chi connectivity index (χ1) is 7.74. The fourth-order valence-electron chi connectivity index (χ4n) is 1.53. The van der Waals surface area contributed by atoms with Gasteiger partial charge in [0.05, 0.1) is 12.8 Å². The second-order valence-electron chi connectivity index (χ2n) is 3.76. The molecular formula is C10H16N4OS. The Bertz CT molecular complexity index is 385. The monoisotopic (exact) mass is 240 g/mol. The van der Waals surface area contributed by atoms with Gasteiger partial charge in [-0.1, -0.05) is 0 Å². The highest BCUT2D eigenvalue weighted by atomic mass is 32.2. The molecule has 0 aromatic carbocycles. The van der Waals surface area contributed by atoms with Gasteiger partial charge in [-0.2, -0.15) is 16.7 Å². The lowest BCUT2D eigenvalue weighted by atomic mass is 10.2. The molecule has 5 nitrogen and oxygen atoms in total. The minimum Gasteiger partial charge on any atom is -0.481 e. The van der Waals surface area contributed by atoms with Crippen molar-refractivity contribution in [1.82, 2.24) is 9.97 Å². The van der Waals surface area contributed by atoms with E-state index >= 15 is 0 Å². The molecule has 1 aromatic heterocycles. The molecule has 1 unspecified atom stereocenters. The predicted octanol–water partition coefficient (Wildman–Crippen LogP) is 0.991. The number of thioether (sulfide) groups is 1. The Morgan fingerprint density at radius 2 is 2.31 bits per heavy atom. The molecule has 0 fully saturated rings. The number of nitrogens with zero attached hydrogens (tertiary/aromatic N) is 2. The molecule has 1 atom stereocenters. The van der Waals surface area contributed by atoms with Gasteiger partial charge in [-0.3, -0.25) is 0 Å². The minimum absolute atomic E-state index is 0.164. The average molecular weight is 240 g/mol. The lowest BCUT2D eigenvalue weighted by Gasteiger charge is -2.13. The van der Waals surface area contributed by atoms with E-state index in [1.165, 1.54) is 0 Å². The van der Waals surface area contributed by atoms with Crippen LogP contribution in [0.4, 0.5) is 5.95 Å². The summed E-state index contributed by atoms with van der Waals surface area (Å²) in [5.74, 6) is 3.16. The number of nitrogens with two attached hydrogens (primary N) is 1. The minimum atomic E-state index is 0.164. The van der Waals surface area contributed by atoms with Crippen molar-refractivity contribution in [2.75, 3.05) is 19.0 Å². The third-order valence-electron chi connectivity index (χ3n) is 2.46. The van der Waals surface area contributed by atoms with Crippen molar-refractivity contribution in [3.8, 4) is 5.88 Å². The molecule has 0 spiro atoms. The Morgan fingerprint density at radius 1 is 1.50 bits per heavy atom. The van der Waals surface area contributed by atoms with Gasteiger partial charge in [-0.05, 0) is 6.92 Å². The third kappa shape index (κ3) is 2.22. The highest BCUT2D eigenvalue weighted by Crippen LogP contribution is 2.34. The first kappa shape index (κ1) is 11.5. The van der Waals surface area contributed by atoms with Crippen LogP contribution in [0.25, 0.3) is 0 Å². The summed E-state index contributed by atoms with van der Waals surface area (Å²) in [6, 6.07) is 0.164. The van der Waals surface area contributed by atoms with Crippen molar-refractivity contribution < 1.29 is 4.74 Å². The number of anilines is 1. The van der Waals surface area contributed by atoms with Crippen molar-refractivity contribution in [3.05, 3.63) is 11.3 Å². The molecule has 2 heterocycles. The van der Waals surface area contributed by atoms with Crippen LogP contribution in [0.3, 0.4) is 0 Å². The van der Waals surface area contributed by atoms with E-state index in [1.54, 1.807) is 7.11 Å². The van der Waals surface area contributed by atoms with Crippen molar-refractivity contribution in [1.29, 1.82) is 0 Å². The van der Waals surface area contributed by atoms with Crippen LogP contribution in [0.1, 0.15) is 18.2 Å². The molecule has 3 N–H and O–H groups in total. The van der Waals surface area contributed by atoms with Gasteiger partial charge in [0, 0.05) is 29.7 Å². The summed E-state index contributed by atoms with van der Waals surface area (Å²) >= 11 is 1.83. The summed E-state index contributed by atoms with van der Waals surface area (Å²) in [6.07, 6.45) is 0. The molecule has 16 heavy (non-hydrogen) atoms. The summed E-state index contributed by atoms with van der Waals surface area (Å²) in [5, 5.41) is 3.16. The van der Waals surface area contributed by atoms with Crippen LogP contribution in [-0.4, -0.2) is 29.7 Å². The van der Waals surface area contributed by atoms with Crippen molar-refractivity contribution in [3.63, 3.8) is 0 Å². The Hall–Kier alpha value is -1.01. The Balaban J connectivity index is 2.27. The van der Waals surface area contributed by atoms with E-state index in [2.05, 4.69) is 15.3 Å². The molecule has 0 saturated carbocycles. The van der Waals surface area contributed by atoms with Gasteiger partial charge in [0.25, 0.3) is 0 Å². The van der Waals surface area contributed by atoms with E-state index in [1.807, 2.05) is 18.7 Å². The summed E-state index contributed by atoms with van der Waals surface area (Å²) in [5.41, 5.74) is 7.75. The summed E-state index contributed by atoms with van der Waals surface area (Å²) in [4.78, 5) is 8.81. The van der Waals surface area contributed by atoms with E-state index in [-0.39, 0.29) is 6.04 Å². The fraction of sp³-hybridized carbons (Fsp3) is 0.600. The lowest BCUT2D eigenvalue weighted by Crippen LogP contribution is -2.26. The number of aromatic nitrogens is 2. The number of ether oxygens (including phenoxy) is 1. The smallest absolute Gasteiger partial charge is 0.226 e. The highest BCUT2D eigenvalue weighted by molar-refractivity contribution is 7.98. The van der Waals surface area contributed by atoms with Gasteiger partial charge in [0.2, 0.25) is 11.8 Å². The average Bonchev–Trinajstić information content (AvgIpc) is 2.75. The molecule has 0 radical (unpaired) electrons. The van der Waals surface area contributed by atoms with E-state index in [4.69, 9.17) is 10.5 Å². The second-order valence-corrected chi connectivity index (χ2v) is 4.74. The van der Waals surface area contributed by atoms with Gasteiger partial charge in [0.15, 0.2) is 0 Å². The van der Waals surface area contributed by atoms with E-state index in [0.717, 1.165) is 22.8 Å². The molecule has 0 aliphatic carbocycles. The molecule has 6 heteroatoms. The van der Waals surface area contributed by atoms with E-state index in [0.29, 0.717) is 18.4 Å². The zero-order chi connectivity index (χ0) is 11.5. The maximum atomic E-state index is 5.55. The Morgan fingerprint density at radius 3 is 3.00 bits per heavy atom. The molecular weight excluding hydrogens is 224 g/mol. The van der Waals surface area contributed by atoms with Gasteiger partial charge < -0.3 is 15.8 Å². The fourth-order valence-corrected chi connectivity index (χ4v) is 2.56. The van der Waals surface area contributed by atoms with Gasteiger partial charge >= 0.3 is 0 Å². The number of methoxy groups -OCH3 is 1. The standard InChI is InChI=1S/C10H16N4OS/c1-6(3-11)12-10-13-8-5-16-4-7(8)9(14-10)15-2/h6H,3-5,11H2,1-2H3,(H,12,13,14). The van der Waals surface area contributed by atoms with Gasteiger partial charge in [0.1, 0.15) is 0 Å². The number of hydrogen-bond donors (Lipinski definition) is 2. The lowest BCUT2D eigenvalue weighted by molar-refractivity contribution is 0.393. The molecule has 88 valence electrons. The zero-order valence-corrected chi connectivity index (χ0v) is 10.3. The number of nitrogens with one attached hydrogen (secondary N) is 1. The molecule has 0 bridgehead atoms. The summed E-state index contributed by atoms with van der Waals surface area (Å²) in [6.45, 7) is 2.55. The number of hydrogen-bond acceptors (Lipinski definition) is 6. The van der Waals surface area contributed by atoms with E-state index < -0.39 is 0 Å². The van der Waals surface area contributed by atoms with Crippen LogP contribution in [0.2, 0.25) is 0 Å². The largest absolute Gasteiger partial charge is 0.481 e. The summed E-state index contributed by atoms with van der Waals surface area (Å²) in [7, 11) is 1.64. The van der Waals surface area contributed by atoms with Crippen molar-refractivity contribution >= 4 is 17.7 Å². The number of fused-ring (bicyclic) bond motifs is 1. The van der Waals surface area contributed by atoms with Crippen LogP contribution in [0.15, 0.2) is 0 Å². The molecule has 2 rings (SSSR count). The van der Waals surface area contributed by atoms with Crippen LogP contribution in [0, 0.1) is 0 Å². The molecule has 1 aliphatic heterocycles. The maximum absolute atomic E-state index is 5.55. The normalized spacial score (nSPS) is 15.7. The molecule has 0 saturated heterocycles. The number of rotatable bonds is 4.